The van der Waals surface area contributed by atoms with Crippen LogP contribution in [0.4, 0.5) is 0 Å². The molecule has 1 aromatic carbocycles. The van der Waals surface area contributed by atoms with Gasteiger partial charge in [-0.15, -0.1) is 21.5 Å². The summed E-state index contributed by atoms with van der Waals surface area (Å²) in [7, 11) is 1.91. The molecule has 1 N–H and O–H groups in total. The molecule has 29 heavy (non-hydrogen) atoms. The number of carbonyl (C=O) groups excluding carboxylic acids is 1. The van der Waals surface area contributed by atoms with Crippen LogP contribution in [0.25, 0.3) is 10.7 Å². The quantitative estimate of drug-likeness (QED) is 0.604. The second kappa shape index (κ2) is 8.87. The highest BCUT2D eigenvalue weighted by Crippen LogP contribution is 2.32. The number of ether oxygens (including phenoxy) is 2. The van der Waals surface area contributed by atoms with Crippen molar-refractivity contribution in [2.75, 3.05) is 19.0 Å². The molecular formula is C20H22N4O3S2. The highest BCUT2D eigenvalue weighted by Gasteiger charge is 2.15. The average Bonchev–Trinajstić information content (AvgIpc) is 3.30. The summed E-state index contributed by atoms with van der Waals surface area (Å²) in [5, 5.41) is 14.1. The van der Waals surface area contributed by atoms with Crippen LogP contribution in [0.15, 0.2) is 34.8 Å². The Kier molecular flexibility index (Phi) is 6.05. The molecule has 2 aromatic heterocycles. The first kappa shape index (κ1) is 19.8. The van der Waals surface area contributed by atoms with Crippen LogP contribution in [-0.2, 0) is 18.4 Å². The first-order valence-electron chi connectivity index (χ1n) is 9.33. The van der Waals surface area contributed by atoms with Crippen LogP contribution >= 0.6 is 23.1 Å². The van der Waals surface area contributed by atoms with Gasteiger partial charge < -0.3 is 19.4 Å². The van der Waals surface area contributed by atoms with Crippen molar-refractivity contribution in [3.8, 4) is 22.2 Å². The van der Waals surface area contributed by atoms with E-state index in [1.807, 2.05) is 48.2 Å². The fourth-order valence-corrected chi connectivity index (χ4v) is 4.46. The molecular weight excluding hydrogens is 408 g/mol. The van der Waals surface area contributed by atoms with Gasteiger partial charge >= 0.3 is 0 Å². The SMILES string of the molecule is Cc1cc2c(cc1CNC(=O)CSc1nnc(-c3cccs3)n1C)OCCCO2. The molecule has 1 aliphatic heterocycles. The van der Waals surface area contributed by atoms with E-state index in [2.05, 4.69) is 15.5 Å². The third kappa shape index (κ3) is 4.56. The fraction of sp³-hybridized carbons (Fsp3) is 0.350. The molecule has 0 saturated carbocycles. The van der Waals surface area contributed by atoms with Crippen molar-refractivity contribution in [1.29, 1.82) is 0 Å². The second-order valence-electron chi connectivity index (χ2n) is 6.68. The van der Waals surface area contributed by atoms with Crippen molar-refractivity contribution in [1.82, 2.24) is 20.1 Å². The number of amides is 1. The summed E-state index contributed by atoms with van der Waals surface area (Å²) in [6.45, 7) is 3.76. The van der Waals surface area contributed by atoms with E-state index in [4.69, 9.17) is 9.47 Å². The highest BCUT2D eigenvalue weighted by molar-refractivity contribution is 7.99. The molecule has 0 atom stereocenters. The van der Waals surface area contributed by atoms with Crippen LogP contribution in [0, 0.1) is 6.92 Å². The third-order valence-electron chi connectivity index (χ3n) is 4.59. The minimum Gasteiger partial charge on any atom is -0.490 e. The van der Waals surface area contributed by atoms with Gasteiger partial charge in [0.05, 0.1) is 23.8 Å². The first-order chi connectivity index (χ1) is 14.1. The lowest BCUT2D eigenvalue weighted by Crippen LogP contribution is -2.25. The summed E-state index contributed by atoms with van der Waals surface area (Å²) in [5.74, 6) is 2.55. The molecule has 1 amide bonds. The number of aryl methyl sites for hydroxylation is 1. The van der Waals surface area contributed by atoms with E-state index in [0.29, 0.717) is 19.8 Å². The zero-order valence-corrected chi connectivity index (χ0v) is 17.9. The third-order valence-corrected chi connectivity index (χ3v) is 6.48. The van der Waals surface area contributed by atoms with Gasteiger partial charge in [0, 0.05) is 20.0 Å². The zero-order valence-electron chi connectivity index (χ0n) is 16.3. The maximum atomic E-state index is 12.3. The van der Waals surface area contributed by atoms with Gasteiger partial charge in [-0.1, -0.05) is 17.8 Å². The Balaban J connectivity index is 1.34. The van der Waals surface area contributed by atoms with Crippen LogP contribution in [-0.4, -0.2) is 39.6 Å². The number of thioether (sulfide) groups is 1. The predicted molar refractivity (Wildman–Crippen MR) is 114 cm³/mol. The molecule has 4 rings (SSSR count). The van der Waals surface area contributed by atoms with E-state index in [0.717, 1.165) is 44.9 Å². The van der Waals surface area contributed by atoms with Crippen molar-refractivity contribution in [3.05, 3.63) is 40.8 Å². The topological polar surface area (TPSA) is 78.3 Å². The van der Waals surface area contributed by atoms with Gasteiger partial charge in [-0.2, -0.15) is 0 Å². The molecule has 3 heterocycles. The van der Waals surface area contributed by atoms with Gasteiger partial charge in [0.1, 0.15) is 0 Å². The number of benzene rings is 1. The monoisotopic (exact) mass is 430 g/mol. The van der Waals surface area contributed by atoms with E-state index >= 15 is 0 Å². The summed E-state index contributed by atoms with van der Waals surface area (Å²) in [6, 6.07) is 7.92. The fourth-order valence-electron chi connectivity index (χ4n) is 2.98. The largest absolute Gasteiger partial charge is 0.490 e. The maximum Gasteiger partial charge on any atom is 0.230 e. The lowest BCUT2D eigenvalue weighted by atomic mass is 10.1. The Hall–Kier alpha value is -2.52. The Morgan fingerprint density at radius 1 is 1.28 bits per heavy atom. The van der Waals surface area contributed by atoms with Gasteiger partial charge in [0.25, 0.3) is 0 Å². The van der Waals surface area contributed by atoms with Gasteiger partial charge in [-0.05, 0) is 41.6 Å². The first-order valence-corrected chi connectivity index (χ1v) is 11.2. The molecule has 0 fully saturated rings. The molecule has 0 radical (unpaired) electrons. The van der Waals surface area contributed by atoms with Crippen molar-refractivity contribution in [2.24, 2.45) is 7.05 Å². The average molecular weight is 431 g/mol. The number of carbonyl (C=O) groups is 1. The molecule has 7 nitrogen and oxygen atoms in total. The predicted octanol–water partition coefficient (Wildman–Crippen LogP) is 3.42. The number of fused-ring (bicyclic) bond motifs is 1. The number of nitrogens with zero attached hydrogens (tertiary/aromatic N) is 3. The van der Waals surface area contributed by atoms with E-state index in [9.17, 15) is 4.79 Å². The van der Waals surface area contributed by atoms with E-state index in [1.54, 1.807) is 11.3 Å². The minimum atomic E-state index is -0.0535. The summed E-state index contributed by atoms with van der Waals surface area (Å²) >= 11 is 2.99. The van der Waals surface area contributed by atoms with Crippen LogP contribution in [0.5, 0.6) is 11.5 Å². The lowest BCUT2D eigenvalue weighted by Gasteiger charge is -2.13. The number of nitrogens with one attached hydrogen (secondary N) is 1. The van der Waals surface area contributed by atoms with E-state index in [1.165, 1.54) is 11.8 Å². The number of rotatable bonds is 6. The molecule has 3 aromatic rings. The van der Waals surface area contributed by atoms with Gasteiger partial charge in [0.15, 0.2) is 22.5 Å². The minimum absolute atomic E-state index is 0.0535. The lowest BCUT2D eigenvalue weighted by molar-refractivity contribution is -0.118. The maximum absolute atomic E-state index is 12.3. The van der Waals surface area contributed by atoms with E-state index in [-0.39, 0.29) is 11.7 Å². The Labute approximate surface area is 177 Å². The van der Waals surface area contributed by atoms with Gasteiger partial charge in [-0.25, -0.2) is 0 Å². The molecule has 0 spiro atoms. The molecule has 0 saturated heterocycles. The second-order valence-corrected chi connectivity index (χ2v) is 8.57. The molecule has 1 aliphatic rings. The van der Waals surface area contributed by atoms with Crippen LogP contribution in [0.3, 0.4) is 0 Å². The Morgan fingerprint density at radius 3 is 2.83 bits per heavy atom. The summed E-state index contributed by atoms with van der Waals surface area (Å²) < 4.78 is 13.4. The Bertz CT molecular complexity index is 1000. The number of aromatic nitrogens is 3. The highest BCUT2D eigenvalue weighted by atomic mass is 32.2. The van der Waals surface area contributed by atoms with Crippen molar-refractivity contribution in [3.63, 3.8) is 0 Å². The normalized spacial score (nSPS) is 13.2. The number of thiophene rings is 1. The number of hydrogen-bond acceptors (Lipinski definition) is 7. The zero-order chi connectivity index (χ0) is 20.2. The molecule has 152 valence electrons. The summed E-state index contributed by atoms with van der Waals surface area (Å²) in [4.78, 5) is 13.4. The van der Waals surface area contributed by atoms with Crippen LogP contribution < -0.4 is 14.8 Å². The molecule has 0 bridgehead atoms. The van der Waals surface area contributed by atoms with Crippen LogP contribution in [0.2, 0.25) is 0 Å². The molecule has 0 unspecified atom stereocenters. The summed E-state index contributed by atoms with van der Waals surface area (Å²) in [6.07, 6.45) is 0.868. The van der Waals surface area contributed by atoms with Crippen LogP contribution in [0.1, 0.15) is 17.5 Å². The van der Waals surface area contributed by atoms with Gasteiger partial charge in [0.2, 0.25) is 5.91 Å². The standard InChI is InChI=1S/C20H22N4O3S2/c1-13-9-15-16(27-7-4-6-26-15)10-14(13)11-21-18(25)12-29-20-23-22-19(24(20)2)17-5-3-8-28-17/h3,5,8-10H,4,6-7,11-12H2,1-2H3,(H,21,25). The van der Waals surface area contributed by atoms with Crippen molar-refractivity contribution in [2.45, 2.75) is 25.0 Å². The Morgan fingerprint density at radius 2 is 2.07 bits per heavy atom. The summed E-state index contributed by atoms with van der Waals surface area (Å²) in [5.41, 5.74) is 2.09. The molecule has 0 aliphatic carbocycles. The molecule has 9 heteroatoms. The van der Waals surface area contributed by atoms with Gasteiger partial charge in [-0.3, -0.25) is 4.79 Å². The smallest absolute Gasteiger partial charge is 0.230 e. The van der Waals surface area contributed by atoms with Crippen molar-refractivity contribution < 1.29 is 14.3 Å². The number of hydrogen-bond donors (Lipinski definition) is 1. The van der Waals surface area contributed by atoms with E-state index < -0.39 is 0 Å². The van der Waals surface area contributed by atoms with Crippen molar-refractivity contribution >= 4 is 29.0 Å².